The number of aliphatic hydroxyl groups excluding tert-OH is 3. The first-order valence-corrected chi connectivity index (χ1v) is 3.87. The lowest BCUT2D eigenvalue weighted by atomic mass is 10.3. The summed E-state index contributed by atoms with van der Waals surface area (Å²) in [4.78, 5) is 20.6. The topological polar surface area (TPSA) is 116 Å². The number of carbonyl (C=O) groups is 2. The van der Waals surface area contributed by atoms with Gasteiger partial charge in [-0.1, -0.05) is 6.92 Å². The molecule has 0 heterocycles. The minimum atomic E-state index is -0.972. The standard InChI is InChI=1S/C5H8O4.C2H7NO2/c1-2-4(7)5(8)9-3-6;4-1-3-2-5/h6H,2-3H2,1H3;3-5H,1-2H2. The average molecular weight is 209 g/mol. The van der Waals surface area contributed by atoms with E-state index in [2.05, 4.69) is 10.1 Å². The molecule has 84 valence electrons. The van der Waals surface area contributed by atoms with Crippen molar-refractivity contribution in [2.24, 2.45) is 0 Å². The number of ketones is 1. The minimum Gasteiger partial charge on any atom is -0.433 e. The highest BCUT2D eigenvalue weighted by atomic mass is 16.6. The number of esters is 1. The van der Waals surface area contributed by atoms with Gasteiger partial charge < -0.3 is 20.1 Å². The van der Waals surface area contributed by atoms with Crippen LogP contribution in [-0.4, -0.2) is 47.3 Å². The maximum atomic E-state index is 10.3. The summed E-state index contributed by atoms with van der Waals surface area (Å²) in [6.07, 6.45) is 0.110. The average Bonchev–Trinajstić information content (AvgIpc) is 2.19. The minimum absolute atomic E-state index is 0.110. The zero-order valence-electron chi connectivity index (χ0n) is 7.89. The Bertz CT molecular complexity index is 158. The fourth-order valence-corrected chi connectivity index (χ4v) is 0.333. The predicted octanol–water partition coefficient (Wildman–Crippen LogP) is -2.07. The maximum absolute atomic E-state index is 10.3. The third-order valence-corrected chi connectivity index (χ3v) is 0.968. The van der Waals surface area contributed by atoms with Gasteiger partial charge in [0.05, 0.1) is 13.5 Å². The number of carbonyl (C=O) groups excluding carboxylic acids is 2. The van der Waals surface area contributed by atoms with Gasteiger partial charge in [-0.15, -0.1) is 0 Å². The van der Waals surface area contributed by atoms with Crippen molar-refractivity contribution >= 4 is 11.8 Å². The fraction of sp³-hybridized carbons (Fsp3) is 0.714. The Morgan fingerprint density at radius 1 is 1.21 bits per heavy atom. The van der Waals surface area contributed by atoms with Crippen molar-refractivity contribution in [3.05, 3.63) is 0 Å². The molecule has 0 aliphatic heterocycles. The molecule has 0 spiro atoms. The molecular formula is C7H15NO6. The number of aliphatic hydroxyl groups is 3. The van der Waals surface area contributed by atoms with Gasteiger partial charge in [0.25, 0.3) is 0 Å². The predicted molar refractivity (Wildman–Crippen MR) is 45.8 cm³/mol. The smallest absolute Gasteiger partial charge is 0.376 e. The van der Waals surface area contributed by atoms with Crippen LogP contribution in [0.1, 0.15) is 13.3 Å². The summed E-state index contributed by atoms with van der Waals surface area (Å²) in [5, 5.41) is 25.8. The molecule has 4 N–H and O–H groups in total. The van der Waals surface area contributed by atoms with Crippen LogP contribution in [0.15, 0.2) is 0 Å². The zero-order valence-corrected chi connectivity index (χ0v) is 7.89. The van der Waals surface area contributed by atoms with Gasteiger partial charge in [-0.2, -0.15) is 0 Å². The highest BCUT2D eigenvalue weighted by Crippen LogP contribution is 1.83. The monoisotopic (exact) mass is 209 g/mol. The molecule has 0 atom stereocenters. The van der Waals surface area contributed by atoms with E-state index < -0.39 is 18.5 Å². The largest absolute Gasteiger partial charge is 0.433 e. The van der Waals surface area contributed by atoms with Crippen LogP contribution in [0, 0.1) is 0 Å². The van der Waals surface area contributed by atoms with Gasteiger partial charge in [-0.05, 0) is 0 Å². The molecule has 0 aromatic heterocycles. The third-order valence-electron chi connectivity index (χ3n) is 0.968. The van der Waals surface area contributed by atoms with E-state index in [-0.39, 0.29) is 19.9 Å². The number of Topliss-reactive ketones (excluding diaryl/α,β-unsaturated/α-hetero) is 1. The molecule has 0 fully saturated rings. The molecule has 0 aliphatic carbocycles. The van der Waals surface area contributed by atoms with Crippen LogP contribution in [0.2, 0.25) is 0 Å². The molecule has 0 amide bonds. The second-order valence-electron chi connectivity index (χ2n) is 1.90. The highest BCUT2D eigenvalue weighted by Gasteiger charge is 2.10. The van der Waals surface area contributed by atoms with Gasteiger partial charge >= 0.3 is 5.97 Å². The summed E-state index contributed by atoms with van der Waals surface area (Å²) in [5.41, 5.74) is 0. The molecule has 0 aromatic carbocycles. The summed E-state index contributed by atoms with van der Waals surface area (Å²) in [5.74, 6) is -1.59. The van der Waals surface area contributed by atoms with Gasteiger partial charge in [-0.3, -0.25) is 10.1 Å². The molecular weight excluding hydrogens is 194 g/mol. The van der Waals surface area contributed by atoms with Crippen molar-refractivity contribution in [1.29, 1.82) is 0 Å². The number of ether oxygens (including phenoxy) is 1. The molecule has 14 heavy (non-hydrogen) atoms. The van der Waals surface area contributed by atoms with Crippen LogP contribution in [0.4, 0.5) is 0 Å². The first kappa shape index (κ1) is 15.5. The van der Waals surface area contributed by atoms with Gasteiger partial charge in [-0.25, -0.2) is 4.79 Å². The summed E-state index contributed by atoms with van der Waals surface area (Å²) >= 11 is 0. The van der Waals surface area contributed by atoms with Crippen LogP contribution < -0.4 is 5.32 Å². The van der Waals surface area contributed by atoms with Crippen LogP contribution in [0.25, 0.3) is 0 Å². The van der Waals surface area contributed by atoms with Crippen molar-refractivity contribution in [1.82, 2.24) is 5.32 Å². The Morgan fingerprint density at radius 3 is 1.93 bits per heavy atom. The molecule has 0 saturated heterocycles. The summed E-state index contributed by atoms with van der Waals surface area (Å²) < 4.78 is 3.96. The SMILES string of the molecule is CCC(=O)C(=O)OCO.OCNCO. The van der Waals surface area contributed by atoms with E-state index in [9.17, 15) is 9.59 Å². The Labute approximate surface area is 81.3 Å². The van der Waals surface area contributed by atoms with E-state index in [1.807, 2.05) is 0 Å². The molecule has 7 heteroatoms. The van der Waals surface area contributed by atoms with Crippen LogP contribution >= 0.6 is 0 Å². The lowest BCUT2D eigenvalue weighted by Gasteiger charge is -1.94. The van der Waals surface area contributed by atoms with Crippen LogP contribution in [-0.2, 0) is 14.3 Å². The molecule has 0 unspecified atom stereocenters. The van der Waals surface area contributed by atoms with Crippen LogP contribution in [0.3, 0.4) is 0 Å². The van der Waals surface area contributed by atoms with Crippen molar-refractivity contribution in [2.45, 2.75) is 13.3 Å². The van der Waals surface area contributed by atoms with Crippen molar-refractivity contribution in [3.8, 4) is 0 Å². The maximum Gasteiger partial charge on any atom is 0.376 e. The molecule has 0 saturated carbocycles. The molecule has 0 bridgehead atoms. The van der Waals surface area contributed by atoms with E-state index in [1.165, 1.54) is 0 Å². The number of hydrogen-bond acceptors (Lipinski definition) is 7. The van der Waals surface area contributed by atoms with E-state index >= 15 is 0 Å². The van der Waals surface area contributed by atoms with Gasteiger partial charge in [0, 0.05) is 6.42 Å². The van der Waals surface area contributed by atoms with Crippen molar-refractivity contribution < 1.29 is 29.6 Å². The quantitative estimate of drug-likeness (QED) is 0.233. The van der Waals surface area contributed by atoms with Gasteiger partial charge in [0.1, 0.15) is 0 Å². The first-order chi connectivity index (χ1) is 6.63. The zero-order chi connectivity index (χ0) is 11.4. The Kier molecular flexibility index (Phi) is 13.2. The molecule has 0 rings (SSSR count). The van der Waals surface area contributed by atoms with Gasteiger partial charge in [0.15, 0.2) is 6.79 Å². The summed E-state index contributed by atoms with van der Waals surface area (Å²) in [6, 6.07) is 0. The Morgan fingerprint density at radius 2 is 1.71 bits per heavy atom. The van der Waals surface area contributed by atoms with Crippen molar-refractivity contribution in [3.63, 3.8) is 0 Å². The highest BCUT2D eigenvalue weighted by molar-refractivity contribution is 6.33. The van der Waals surface area contributed by atoms with Crippen molar-refractivity contribution in [2.75, 3.05) is 20.3 Å². The molecule has 0 aliphatic rings. The number of nitrogens with one attached hydrogen (secondary N) is 1. The van der Waals surface area contributed by atoms with E-state index in [0.717, 1.165) is 0 Å². The summed E-state index contributed by atoms with van der Waals surface area (Å²) in [6.45, 7) is 0.499. The first-order valence-electron chi connectivity index (χ1n) is 3.87. The van der Waals surface area contributed by atoms with E-state index in [4.69, 9.17) is 15.3 Å². The Balaban J connectivity index is 0. The van der Waals surface area contributed by atoms with Crippen LogP contribution in [0.5, 0.6) is 0 Å². The van der Waals surface area contributed by atoms with E-state index in [0.29, 0.717) is 0 Å². The second kappa shape index (κ2) is 12.0. The van der Waals surface area contributed by atoms with Gasteiger partial charge in [0.2, 0.25) is 5.78 Å². The molecule has 0 aromatic rings. The lowest BCUT2D eigenvalue weighted by Crippen LogP contribution is -2.16. The number of rotatable bonds is 5. The lowest BCUT2D eigenvalue weighted by molar-refractivity contribution is -0.159. The summed E-state index contributed by atoms with van der Waals surface area (Å²) in [7, 11) is 0. The normalized spacial score (nSPS) is 8.57. The fourth-order valence-electron chi connectivity index (χ4n) is 0.333. The third kappa shape index (κ3) is 11.0. The molecule has 7 nitrogen and oxygen atoms in total. The Hall–Kier alpha value is -1.02. The molecule has 0 radical (unpaired) electrons. The number of hydrogen-bond donors (Lipinski definition) is 4. The second-order valence-corrected chi connectivity index (χ2v) is 1.90. The van der Waals surface area contributed by atoms with E-state index in [1.54, 1.807) is 6.92 Å².